The van der Waals surface area contributed by atoms with Crippen molar-refractivity contribution in [2.24, 2.45) is 0 Å². The van der Waals surface area contributed by atoms with Gasteiger partial charge in [0.2, 0.25) is 0 Å². The van der Waals surface area contributed by atoms with Gasteiger partial charge in [0.1, 0.15) is 11.5 Å². The zero-order valence-corrected chi connectivity index (χ0v) is 15.8. The zero-order valence-electron chi connectivity index (χ0n) is 14.2. The zero-order chi connectivity index (χ0) is 17.6. The summed E-state index contributed by atoms with van der Waals surface area (Å²) in [6, 6.07) is 18.5. The van der Waals surface area contributed by atoms with Crippen molar-refractivity contribution < 1.29 is 14.6 Å². The summed E-state index contributed by atoms with van der Waals surface area (Å²) >= 11 is 3.48. The van der Waals surface area contributed by atoms with Crippen molar-refractivity contribution >= 4 is 26.7 Å². The largest absolute Gasteiger partial charge is 0.496 e. The molecule has 3 aromatic carbocycles. The van der Waals surface area contributed by atoms with Crippen molar-refractivity contribution in [3.63, 3.8) is 0 Å². The molecule has 1 N–H and O–H groups in total. The molecule has 25 heavy (non-hydrogen) atoms. The van der Waals surface area contributed by atoms with Crippen LogP contribution in [0.4, 0.5) is 0 Å². The standard InChI is InChI=1S/C21H21BrO3/c1-24-19-11-8-16(14-15-6-9-17(22)10-7-15)21-18(19)4-2-5-20(21)25-13-3-12-23/h2,4-11,23H,3,12-14H2,1H3. The van der Waals surface area contributed by atoms with Crippen LogP contribution in [0.5, 0.6) is 11.5 Å². The van der Waals surface area contributed by atoms with Gasteiger partial charge in [-0.1, -0.05) is 46.3 Å². The van der Waals surface area contributed by atoms with Crippen LogP contribution in [-0.4, -0.2) is 25.4 Å². The van der Waals surface area contributed by atoms with Crippen LogP contribution in [0.3, 0.4) is 0 Å². The predicted octanol–water partition coefficient (Wildman–Crippen LogP) is 4.96. The lowest BCUT2D eigenvalue weighted by molar-refractivity contribution is 0.235. The lowest BCUT2D eigenvalue weighted by atomic mass is 9.97. The Balaban J connectivity index is 2.05. The number of halogens is 1. The molecule has 3 rings (SSSR count). The molecule has 0 spiro atoms. The third-order valence-corrected chi connectivity index (χ3v) is 4.67. The number of hydrogen-bond acceptors (Lipinski definition) is 3. The van der Waals surface area contributed by atoms with Crippen LogP contribution in [0.2, 0.25) is 0 Å². The highest BCUT2D eigenvalue weighted by Crippen LogP contribution is 2.36. The van der Waals surface area contributed by atoms with Gasteiger partial charge < -0.3 is 14.6 Å². The Hall–Kier alpha value is -2.04. The molecule has 0 saturated heterocycles. The fourth-order valence-corrected chi connectivity index (χ4v) is 3.20. The van der Waals surface area contributed by atoms with Gasteiger partial charge in [-0.05, 0) is 41.8 Å². The minimum absolute atomic E-state index is 0.125. The van der Waals surface area contributed by atoms with Crippen molar-refractivity contribution in [3.05, 3.63) is 70.2 Å². The van der Waals surface area contributed by atoms with Gasteiger partial charge in [-0.15, -0.1) is 0 Å². The Labute approximate surface area is 156 Å². The fraction of sp³-hybridized carbons (Fsp3) is 0.238. The van der Waals surface area contributed by atoms with Crippen molar-refractivity contribution in [1.29, 1.82) is 0 Å². The van der Waals surface area contributed by atoms with Crippen molar-refractivity contribution in [2.45, 2.75) is 12.8 Å². The van der Waals surface area contributed by atoms with Crippen LogP contribution < -0.4 is 9.47 Å². The minimum atomic E-state index is 0.125. The topological polar surface area (TPSA) is 38.7 Å². The monoisotopic (exact) mass is 400 g/mol. The summed E-state index contributed by atoms with van der Waals surface area (Å²) in [5, 5.41) is 11.1. The molecular formula is C21H21BrO3. The van der Waals surface area contributed by atoms with Crippen molar-refractivity contribution in [2.75, 3.05) is 20.3 Å². The van der Waals surface area contributed by atoms with Gasteiger partial charge in [-0.3, -0.25) is 0 Å². The quantitative estimate of drug-likeness (QED) is 0.569. The molecule has 130 valence electrons. The van der Waals surface area contributed by atoms with Crippen LogP contribution in [-0.2, 0) is 6.42 Å². The van der Waals surface area contributed by atoms with E-state index in [1.807, 2.05) is 18.2 Å². The SMILES string of the molecule is COc1ccc(Cc2ccc(Br)cc2)c2c(OCCCO)cccc12. The minimum Gasteiger partial charge on any atom is -0.496 e. The molecule has 0 aliphatic rings. The number of methoxy groups -OCH3 is 1. The second kappa shape index (κ2) is 8.37. The highest BCUT2D eigenvalue weighted by atomic mass is 79.9. The first-order valence-corrected chi connectivity index (χ1v) is 9.09. The normalized spacial score (nSPS) is 10.8. The van der Waals surface area contributed by atoms with Gasteiger partial charge in [0, 0.05) is 28.3 Å². The summed E-state index contributed by atoms with van der Waals surface area (Å²) in [6.07, 6.45) is 1.43. The Bertz CT molecular complexity index is 844. The second-order valence-electron chi connectivity index (χ2n) is 5.83. The highest BCUT2D eigenvalue weighted by molar-refractivity contribution is 9.10. The van der Waals surface area contributed by atoms with E-state index >= 15 is 0 Å². The molecular weight excluding hydrogens is 380 g/mol. The maximum absolute atomic E-state index is 9.01. The highest BCUT2D eigenvalue weighted by Gasteiger charge is 2.12. The maximum Gasteiger partial charge on any atom is 0.127 e. The molecule has 0 heterocycles. The number of aliphatic hydroxyl groups excluding tert-OH is 1. The van der Waals surface area contributed by atoms with E-state index in [0.717, 1.165) is 33.2 Å². The Morgan fingerprint density at radius 2 is 1.76 bits per heavy atom. The van der Waals surface area contributed by atoms with Crippen LogP contribution >= 0.6 is 15.9 Å². The first-order chi connectivity index (χ1) is 12.2. The van der Waals surface area contributed by atoms with E-state index in [1.165, 1.54) is 11.1 Å². The molecule has 3 aromatic rings. The molecule has 0 fully saturated rings. The average Bonchev–Trinajstić information content (AvgIpc) is 2.64. The predicted molar refractivity (Wildman–Crippen MR) is 105 cm³/mol. The number of ether oxygens (including phenoxy) is 2. The van der Waals surface area contributed by atoms with Crippen LogP contribution in [0, 0.1) is 0 Å². The first kappa shape index (κ1) is 17.8. The van der Waals surface area contributed by atoms with Gasteiger partial charge in [0.05, 0.1) is 13.7 Å². The molecule has 0 atom stereocenters. The maximum atomic E-state index is 9.01. The number of hydrogen-bond donors (Lipinski definition) is 1. The first-order valence-electron chi connectivity index (χ1n) is 8.29. The van der Waals surface area contributed by atoms with E-state index in [9.17, 15) is 0 Å². The van der Waals surface area contributed by atoms with E-state index in [2.05, 4.69) is 52.3 Å². The Morgan fingerprint density at radius 1 is 0.960 bits per heavy atom. The third kappa shape index (κ3) is 4.14. The molecule has 0 aromatic heterocycles. The molecule has 0 aliphatic carbocycles. The lowest BCUT2D eigenvalue weighted by Crippen LogP contribution is -2.02. The van der Waals surface area contributed by atoms with Crippen LogP contribution in [0.15, 0.2) is 59.1 Å². The summed E-state index contributed by atoms with van der Waals surface area (Å²) in [5.41, 5.74) is 2.43. The molecule has 0 amide bonds. The number of fused-ring (bicyclic) bond motifs is 1. The van der Waals surface area contributed by atoms with Crippen LogP contribution in [0.25, 0.3) is 10.8 Å². The molecule has 0 saturated carbocycles. The van der Waals surface area contributed by atoms with E-state index in [1.54, 1.807) is 7.11 Å². The van der Waals surface area contributed by atoms with E-state index in [4.69, 9.17) is 14.6 Å². The van der Waals surface area contributed by atoms with Crippen LogP contribution in [0.1, 0.15) is 17.5 Å². The lowest BCUT2D eigenvalue weighted by Gasteiger charge is -2.15. The Kier molecular flexibility index (Phi) is 5.95. The van der Waals surface area contributed by atoms with Gasteiger partial charge in [-0.2, -0.15) is 0 Å². The summed E-state index contributed by atoms with van der Waals surface area (Å²) < 4.78 is 12.5. The summed E-state index contributed by atoms with van der Waals surface area (Å²) in [4.78, 5) is 0. The smallest absolute Gasteiger partial charge is 0.127 e. The average molecular weight is 401 g/mol. The van der Waals surface area contributed by atoms with Gasteiger partial charge in [0.25, 0.3) is 0 Å². The molecule has 4 heteroatoms. The Morgan fingerprint density at radius 3 is 2.48 bits per heavy atom. The molecule has 0 bridgehead atoms. The molecule has 3 nitrogen and oxygen atoms in total. The molecule has 0 unspecified atom stereocenters. The second-order valence-corrected chi connectivity index (χ2v) is 6.75. The van der Waals surface area contributed by atoms with Crippen molar-refractivity contribution in [3.8, 4) is 11.5 Å². The third-order valence-electron chi connectivity index (χ3n) is 4.14. The van der Waals surface area contributed by atoms with Gasteiger partial charge in [0.15, 0.2) is 0 Å². The summed E-state index contributed by atoms with van der Waals surface area (Å²) in [6.45, 7) is 0.615. The fourth-order valence-electron chi connectivity index (χ4n) is 2.93. The van der Waals surface area contributed by atoms with Gasteiger partial charge >= 0.3 is 0 Å². The number of rotatable bonds is 7. The molecule has 0 aliphatic heterocycles. The summed E-state index contributed by atoms with van der Waals surface area (Å²) in [7, 11) is 1.68. The number of aliphatic hydroxyl groups is 1. The number of benzene rings is 3. The van der Waals surface area contributed by atoms with E-state index in [0.29, 0.717) is 13.0 Å². The molecule has 0 radical (unpaired) electrons. The van der Waals surface area contributed by atoms with E-state index < -0.39 is 0 Å². The summed E-state index contributed by atoms with van der Waals surface area (Å²) in [5.74, 6) is 1.67. The van der Waals surface area contributed by atoms with Crippen molar-refractivity contribution in [1.82, 2.24) is 0 Å². The van der Waals surface area contributed by atoms with E-state index in [-0.39, 0.29) is 6.61 Å². The van der Waals surface area contributed by atoms with Gasteiger partial charge in [-0.25, -0.2) is 0 Å².